The minimum atomic E-state index is -0.188. The van der Waals surface area contributed by atoms with Crippen LogP contribution < -0.4 is 5.73 Å². The zero-order valence-corrected chi connectivity index (χ0v) is 6.71. The van der Waals surface area contributed by atoms with Gasteiger partial charge in [0.15, 0.2) is 0 Å². The SMILES string of the molecule is NC(COC=O)c1ccsc1. The Labute approximate surface area is 68.8 Å². The molecule has 11 heavy (non-hydrogen) atoms. The molecule has 0 fully saturated rings. The summed E-state index contributed by atoms with van der Waals surface area (Å²) in [7, 11) is 0. The quantitative estimate of drug-likeness (QED) is 0.685. The lowest BCUT2D eigenvalue weighted by Gasteiger charge is -2.06. The standard InChI is InChI=1S/C7H9NO2S/c8-7(3-10-5-9)6-1-2-11-4-6/h1-2,4-5,7H,3,8H2. The molecule has 3 nitrogen and oxygen atoms in total. The minimum absolute atomic E-state index is 0.188. The van der Waals surface area contributed by atoms with Crippen LogP contribution in [-0.4, -0.2) is 13.1 Å². The lowest BCUT2D eigenvalue weighted by molar-refractivity contribution is -0.129. The lowest BCUT2D eigenvalue weighted by Crippen LogP contribution is -2.15. The summed E-state index contributed by atoms with van der Waals surface area (Å²) < 4.78 is 4.52. The molecular weight excluding hydrogens is 162 g/mol. The van der Waals surface area contributed by atoms with Gasteiger partial charge in [0.05, 0.1) is 6.04 Å². The Kier molecular flexibility index (Phi) is 3.07. The van der Waals surface area contributed by atoms with E-state index in [1.807, 2.05) is 16.8 Å². The zero-order valence-electron chi connectivity index (χ0n) is 5.90. The van der Waals surface area contributed by atoms with Crippen molar-refractivity contribution in [3.05, 3.63) is 22.4 Å². The lowest BCUT2D eigenvalue weighted by atomic mass is 10.2. The summed E-state index contributed by atoms with van der Waals surface area (Å²) in [4.78, 5) is 9.80. The monoisotopic (exact) mass is 171 g/mol. The third-order valence-electron chi connectivity index (χ3n) is 1.32. The summed E-state index contributed by atoms with van der Waals surface area (Å²) in [5, 5.41) is 3.88. The largest absolute Gasteiger partial charge is 0.466 e. The first-order valence-corrected chi connectivity index (χ1v) is 4.12. The van der Waals surface area contributed by atoms with Crippen LogP contribution in [-0.2, 0) is 9.53 Å². The number of rotatable bonds is 4. The van der Waals surface area contributed by atoms with E-state index in [4.69, 9.17) is 5.73 Å². The molecule has 4 heteroatoms. The Balaban J connectivity index is 2.42. The molecule has 1 atom stereocenters. The van der Waals surface area contributed by atoms with Crippen molar-refractivity contribution in [2.75, 3.05) is 6.61 Å². The fraction of sp³-hybridized carbons (Fsp3) is 0.286. The Morgan fingerprint density at radius 3 is 3.18 bits per heavy atom. The van der Waals surface area contributed by atoms with Gasteiger partial charge in [0.2, 0.25) is 0 Å². The van der Waals surface area contributed by atoms with Gasteiger partial charge in [-0.25, -0.2) is 0 Å². The molecule has 1 aromatic heterocycles. The first kappa shape index (κ1) is 8.23. The maximum Gasteiger partial charge on any atom is 0.293 e. The average molecular weight is 171 g/mol. The number of thiophene rings is 1. The van der Waals surface area contributed by atoms with Crippen LogP contribution in [0.5, 0.6) is 0 Å². The number of hydrogen-bond acceptors (Lipinski definition) is 4. The highest BCUT2D eigenvalue weighted by Crippen LogP contribution is 2.13. The molecule has 0 aliphatic carbocycles. The summed E-state index contributed by atoms with van der Waals surface area (Å²) in [6.07, 6.45) is 0. The van der Waals surface area contributed by atoms with E-state index in [2.05, 4.69) is 4.74 Å². The molecule has 1 unspecified atom stereocenters. The van der Waals surface area contributed by atoms with Crippen molar-refractivity contribution in [1.29, 1.82) is 0 Å². The molecule has 0 amide bonds. The second-order valence-electron chi connectivity index (χ2n) is 2.09. The minimum Gasteiger partial charge on any atom is -0.466 e. The van der Waals surface area contributed by atoms with E-state index in [9.17, 15) is 4.79 Å². The van der Waals surface area contributed by atoms with Crippen LogP contribution in [0.3, 0.4) is 0 Å². The van der Waals surface area contributed by atoms with Crippen molar-refractivity contribution >= 4 is 17.8 Å². The van der Waals surface area contributed by atoms with E-state index in [-0.39, 0.29) is 12.6 Å². The number of hydrogen-bond donors (Lipinski definition) is 1. The highest BCUT2D eigenvalue weighted by Gasteiger charge is 2.05. The molecule has 0 saturated carbocycles. The van der Waals surface area contributed by atoms with Gasteiger partial charge in [-0.1, -0.05) is 0 Å². The summed E-state index contributed by atoms with van der Waals surface area (Å²) >= 11 is 1.58. The fourth-order valence-electron chi connectivity index (χ4n) is 0.725. The van der Waals surface area contributed by atoms with Gasteiger partial charge in [0.25, 0.3) is 6.47 Å². The molecule has 0 bridgehead atoms. The summed E-state index contributed by atoms with van der Waals surface area (Å²) in [5.74, 6) is 0. The normalized spacial score (nSPS) is 12.5. The number of carbonyl (C=O) groups excluding carboxylic acids is 1. The first-order valence-electron chi connectivity index (χ1n) is 3.17. The van der Waals surface area contributed by atoms with Gasteiger partial charge in [-0.3, -0.25) is 4.79 Å². The predicted molar refractivity (Wildman–Crippen MR) is 43.3 cm³/mol. The van der Waals surface area contributed by atoms with Gasteiger partial charge in [-0.2, -0.15) is 11.3 Å². The molecule has 0 aliphatic heterocycles. The van der Waals surface area contributed by atoms with Crippen LogP contribution >= 0.6 is 11.3 Å². The van der Waals surface area contributed by atoms with E-state index in [0.29, 0.717) is 6.47 Å². The van der Waals surface area contributed by atoms with Crippen molar-refractivity contribution in [3.8, 4) is 0 Å². The third-order valence-corrected chi connectivity index (χ3v) is 2.02. The van der Waals surface area contributed by atoms with Crippen molar-refractivity contribution < 1.29 is 9.53 Å². The molecule has 0 saturated heterocycles. The average Bonchev–Trinajstić information content (AvgIpc) is 2.52. The van der Waals surface area contributed by atoms with Crippen LogP contribution in [0.1, 0.15) is 11.6 Å². The van der Waals surface area contributed by atoms with Crippen LogP contribution in [0.4, 0.5) is 0 Å². The van der Waals surface area contributed by atoms with Gasteiger partial charge in [0, 0.05) is 0 Å². The number of nitrogens with two attached hydrogens (primary N) is 1. The number of carbonyl (C=O) groups is 1. The van der Waals surface area contributed by atoms with Crippen LogP contribution in [0.2, 0.25) is 0 Å². The Morgan fingerprint density at radius 2 is 2.64 bits per heavy atom. The van der Waals surface area contributed by atoms with E-state index in [1.165, 1.54) is 0 Å². The number of ether oxygens (including phenoxy) is 1. The van der Waals surface area contributed by atoms with E-state index in [1.54, 1.807) is 11.3 Å². The molecule has 2 N–H and O–H groups in total. The molecule has 60 valence electrons. The Morgan fingerprint density at radius 1 is 1.82 bits per heavy atom. The summed E-state index contributed by atoms with van der Waals surface area (Å²) in [6, 6.07) is 1.73. The van der Waals surface area contributed by atoms with Gasteiger partial charge in [-0.05, 0) is 22.4 Å². The summed E-state index contributed by atoms with van der Waals surface area (Å²) in [5.41, 5.74) is 6.66. The van der Waals surface area contributed by atoms with Crippen molar-refractivity contribution in [2.24, 2.45) is 5.73 Å². The summed E-state index contributed by atoms with van der Waals surface area (Å²) in [6.45, 7) is 0.659. The van der Waals surface area contributed by atoms with Gasteiger partial charge in [-0.15, -0.1) is 0 Å². The predicted octanol–water partition coefficient (Wildman–Crippen LogP) is 0.921. The van der Waals surface area contributed by atoms with E-state index in [0.717, 1.165) is 5.56 Å². The topological polar surface area (TPSA) is 52.3 Å². The molecular formula is C7H9NO2S. The molecule has 1 heterocycles. The second-order valence-corrected chi connectivity index (χ2v) is 2.87. The van der Waals surface area contributed by atoms with Crippen LogP contribution in [0.25, 0.3) is 0 Å². The smallest absolute Gasteiger partial charge is 0.293 e. The van der Waals surface area contributed by atoms with Gasteiger partial charge < -0.3 is 10.5 Å². The van der Waals surface area contributed by atoms with E-state index < -0.39 is 0 Å². The van der Waals surface area contributed by atoms with Crippen molar-refractivity contribution in [1.82, 2.24) is 0 Å². The van der Waals surface area contributed by atoms with Crippen molar-refractivity contribution in [2.45, 2.75) is 6.04 Å². The highest BCUT2D eigenvalue weighted by atomic mass is 32.1. The van der Waals surface area contributed by atoms with Crippen molar-refractivity contribution in [3.63, 3.8) is 0 Å². The van der Waals surface area contributed by atoms with Crippen LogP contribution in [0, 0.1) is 0 Å². The van der Waals surface area contributed by atoms with Gasteiger partial charge >= 0.3 is 0 Å². The maximum absolute atomic E-state index is 9.80. The van der Waals surface area contributed by atoms with Crippen LogP contribution in [0.15, 0.2) is 16.8 Å². The van der Waals surface area contributed by atoms with Gasteiger partial charge in [0.1, 0.15) is 6.61 Å². The molecule has 1 aromatic rings. The molecule has 0 spiro atoms. The third kappa shape index (κ3) is 2.32. The van der Waals surface area contributed by atoms with E-state index >= 15 is 0 Å². The molecule has 0 aliphatic rings. The fourth-order valence-corrected chi connectivity index (χ4v) is 1.45. The Bertz CT molecular complexity index is 210. The molecule has 1 rings (SSSR count). The molecule has 0 aromatic carbocycles. The second kappa shape index (κ2) is 4.10. The molecule has 0 radical (unpaired) electrons. The first-order chi connectivity index (χ1) is 5.34. The Hall–Kier alpha value is -0.870. The highest BCUT2D eigenvalue weighted by molar-refractivity contribution is 7.07. The maximum atomic E-state index is 9.80. The zero-order chi connectivity index (χ0) is 8.10.